The average molecular weight is 407 g/mol. The van der Waals surface area contributed by atoms with Gasteiger partial charge in [-0.2, -0.15) is 0 Å². The highest BCUT2D eigenvalue weighted by atomic mass is 16.5. The molecule has 1 saturated heterocycles. The first-order valence-electron chi connectivity index (χ1n) is 10.9. The summed E-state index contributed by atoms with van der Waals surface area (Å²) in [6, 6.07) is 15.8. The molecule has 2 amide bonds. The summed E-state index contributed by atoms with van der Waals surface area (Å²) in [7, 11) is 0. The van der Waals surface area contributed by atoms with Crippen molar-refractivity contribution >= 4 is 11.8 Å². The van der Waals surface area contributed by atoms with E-state index >= 15 is 0 Å². The van der Waals surface area contributed by atoms with Crippen LogP contribution < -0.4 is 10.1 Å². The van der Waals surface area contributed by atoms with Gasteiger partial charge in [-0.3, -0.25) is 9.59 Å². The average Bonchev–Trinajstić information content (AvgIpc) is 3.58. The van der Waals surface area contributed by atoms with Gasteiger partial charge in [0.05, 0.1) is 13.0 Å². The number of likely N-dealkylation sites (tertiary alicyclic amines) is 1. The van der Waals surface area contributed by atoms with Gasteiger partial charge in [0.15, 0.2) is 0 Å². The summed E-state index contributed by atoms with van der Waals surface area (Å²) in [4.78, 5) is 26.8. The molecule has 0 aromatic heterocycles. The van der Waals surface area contributed by atoms with Crippen LogP contribution >= 0.6 is 0 Å². The Balaban J connectivity index is 1.26. The molecule has 1 aliphatic carbocycles. The molecule has 0 bridgehead atoms. The zero-order valence-corrected chi connectivity index (χ0v) is 17.6. The van der Waals surface area contributed by atoms with Gasteiger partial charge < -0.3 is 15.0 Å². The van der Waals surface area contributed by atoms with Gasteiger partial charge in [0.1, 0.15) is 5.75 Å². The second kappa shape index (κ2) is 9.33. The molecule has 2 aliphatic rings. The van der Waals surface area contributed by atoms with Crippen molar-refractivity contribution in [3.63, 3.8) is 0 Å². The van der Waals surface area contributed by atoms with Gasteiger partial charge in [0.2, 0.25) is 5.91 Å². The lowest BCUT2D eigenvalue weighted by Crippen LogP contribution is -2.42. The summed E-state index contributed by atoms with van der Waals surface area (Å²) >= 11 is 0. The van der Waals surface area contributed by atoms with Crippen LogP contribution in [0.2, 0.25) is 0 Å². The molecule has 1 saturated carbocycles. The molecule has 2 aromatic rings. The number of ether oxygens (including phenoxy) is 1. The first-order chi connectivity index (χ1) is 14.6. The fourth-order valence-corrected chi connectivity index (χ4v) is 3.92. The third-order valence-electron chi connectivity index (χ3n) is 5.99. The summed E-state index contributed by atoms with van der Waals surface area (Å²) in [6.07, 6.45) is 4.70. The van der Waals surface area contributed by atoms with E-state index in [0.29, 0.717) is 30.6 Å². The summed E-state index contributed by atoms with van der Waals surface area (Å²) in [5.74, 6) is 1.28. The lowest BCUT2D eigenvalue weighted by atomic mass is 9.97. The molecule has 2 aromatic carbocycles. The van der Waals surface area contributed by atoms with E-state index in [0.717, 1.165) is 55.6 Å². The summed E-state index contributed by atoms with van der Waals surface area (Å²) in [5.41, 5.74) is 2.93. The third kappa shape index (κ3) is 5.41. The van der Waals surface area contributed by atoms with Gasteiger partial charge in [0, 0.05) is 30.6 Å². The Morgan fingerprint density at radius 3 is 2.57 bits per heavy atom. The van der Waals surface area contributed by atoms with Crippen molar-refractivity contribution in [3.8, 4) is 5.75 Å². The molecule has 30 heavy (non-hydrogen) atoms. The summed E-state index contributed by atoms with van der Waals surface area (Å²) < 4.78 is 5.97. The van der Waals surface area contributed by atoms with Crippen LogP contribution in [0.25, 0.3) is 0 Å². The Morgan fingerprint density at radius 1 is 1.07 bits per heavy atom. The lowest BCUT2D eigenvalue weighted by Gasteiger charge is -2.33. The Hall–Kier alpha value is -2.82. The van der Waals surface area contributed by atoms with Crippen molar-refractivity contribution in [2.45, 2.75) is 45.1 Å². The van der Waals surface area contributed by atoms with Crippen LogP contribution in [-0.2, 0) is 11.2 Å². The smallest absolute Gasteiger partial charge is 0.251 e. The number of carbonyl (C=O) groups excluding carboxylic acids is 2. The highest BCUT2D eigenvalue weighted by Crippen LogP contribution is 2.22. The minimum atomic E-state index is -0.0147. The first kappa shape index (κ1) is 20.5. The highest BCUT2D eigenvalue weighted by molar-refractivity contribution is 5.94. The normalized spacial score (nSPS) is 18.7. The summed E-state index contributed by atoms with van der Waals surface area (Å²) in [5, 5.41) is 2.99. The molecule has 158 valence electrons. The zero-order valence-electron chi connectivity index (χ0n) is 17.6. The SMILES string of the molecule is Cc1ccccc1CC(=O)N1CCC[C@H](COc2ccc(C(=O)NC3CC3)cc2)C1. The van der Waals surface area contributed by atoms with Crippen LogP contribution in [-0.4, -0.2) is 42.5 Å². The number of nitrogens with one attached hydrogen (secondary N) is 1. The van der Waals surface area contributed by atoms with Crippen molar-refractivity contribution in [2.24, 2.45) is 5.92 Å². The van der Waals surface area contributed by atoms with E-state index in [4.69, 9.17) is 4.74 Å². The quantitative estimate of drug-likeness (QED) is 0.762. The maximum Gasteiger partial charge on any atom is 0.251 e. The lowest BCUT2D eigenvalue weighted by molar-refractivity contribution is -0.132. The topological polar surface area (TPSA) is 58.6 Å². The molecule has 0 unspecified atom stereocenters. The van der Waals surface area contributed by atoms with E-state index in [9.17, 15) is 9.59 Å². The monoisotopic (exact) mass is 406 g/mol. The molecular weight excluding hydrogens is 376 g/mol. The Morgan fingerprint density at radius 2 is 1.83 bits per heavy atom. The number of hydrogen-bond acceptors (Lipinski definition) is 3. The molecule has 5 heteroatoms. The molecular formula is C25H30N2O3. The maximum atomic E-state index is 12.8. The van der Waals surface area contributed by atoms with Crippen LogP contribution in [0.1, 0.15) is 47.2 Å². The van der Waals surface area contributed by atoms with Crippen molar-refractivity contribution in [2.75, 3.05) is 19.7 Å². The summed E-state index contributed by atoms with van der Waals surface area (Å²) in [6.45, 7) is 4.21. The molecule has 2 fully saturated rings. The number of nitrogens with zero attached hydrogens (tertiary/aromatic N) is 1. The van der Waals surface area contributed by atoms with Crippen LogP contribution in [0.4, 0.5) is 0 Å². The minimum Gasteiger partial charge on any atom is -0.493 e. The number of amides is 2. The molecule has 0 radical (unpaired) electrons. The van der Waals surface area contributed by atoms with Gasteiger partial charge in [-0.15, -0.1) is 0 Å². The largest absolute Gasteiger partial charge is 0.493 e. The van der Waals surface area contributed by atoms with Gasteiger partial charge in [-0.25, -0.2) is 0 Å². The fraction of sp³-hybridized carbons (Fsp3) is 0.440. The van der Waals surface area contributed by atoms with E-state index in [1.807, 2.05) is 47.4 Å². The Labute approximate surface area is 178 Å². The van der Waals surface area contributed by atoms with Crippen LogP contribution in [0.5, 0.6) is 5.75 Å². The number of aryl methyl sites for hydroxylation is 1. The predicted molar refractivity (Wildman–Crippen MR) is 117 cm³/mol. The molecule has 1 aliphatic heterocycles. The first-order valence-corrected chi connectivity index (χ1v) is 10.9. The predicted octanol–water partition coefficient (Wildman–Crippen LogP) is 3.75. The van der Waals surface area contributed by atoms with Gasteiger partial charge >= 0.3 is 0 Å². The molecule has 0 spiro atoms. The number of rotatable bonds is 7. The molecule has 1 N–H and O–H groups in total. The molecule has 4 rings (SSSR count). The highest BCUT2D eigenvalue weighted by Gasteiger charge is 2.25. The number of benzene rings is 2. The van der Waals surface area contributed by atoms with E-state index in [2.05, 4.69) is 18.3 Å². The van der Waals surface area contributed by atoms with Crippen molar-refractivity contribution < 1.29 is 14.3 Å². The van der Waals surface area contributed by atoms with Crippen LogP contribution in [0, 0.1) is 12.8 Å². The minimum absolute atomic E-state index is 0.0147. The number of piperidine rings is 1. The Bertz CT molecular complexity index is 890. The van der Waals surface area contributed by atoms with E-state index in [1.165, 1.54) is 0 Å². The second-order valence-electron chi connectivity index (χ2n) is 8.53. The molecule has 1 atom stereocenters. The van der Waals surface area contributed by atoms with Gasteiger partial charge in [-0.1, -0.05) is 24.3 Å². The van der Waals surface area contributed by atoms with E-state index < -0.39 is 0 Å². The van der Waals surface area contributed by atoms with Crippen molar-refractivity contribution in [3.05, 3.63) is 65.2 Å². The third-order valence-corrected chi connectivity index (χ3v) is 5.99. The van der Waals surface area contributed by atoms with Gasteiger partial charge in [0.25, 0.3) is 5.91 Å². The number of carbonyl (C=O) groups is 2. The fourth-order valence-electron chi connectivity index (χ4n) is 3.92. The maximum absolute atomic E-state index is 12.8. The van der Waals surface area contributed by atoms with Crippen LogP contribution in [0.15, 0.2) is 48.5 Å². The van der Waals surface area contributed by atoms with Crippen LogP contribution in [0.3, 0.4) is 0 Å². The molecule has 5 nitrogen and oxygen atoms in total. The van der Waals surface area contributed by atoms with E-state index in [-0.39, 0.29) is 11.8 Å². The Kier molecular flexibility index (Phi) is 6.36. The zero-order chi connectivity index (χ0) is 20.9. The van der Waals surface area contributed by atoms with Crippen molar-refractivity contribution in [1.29, 1.82) is 0 Å². The van der Waals surface area contributed by atoms with Crippen molar-refractivity contribution in [1.82, 2.24) is 10.2 Å². The van der Waals surface area contributed by atoms with E-state index in [1.54, 1.807) is 0 Å². The standard InChI is InChI=1S/C25H30N2O3/c1-18-5-2-3-7-21(18)15-24(28)27-14-4-6-19(16-27)17-30-23-12-8-20(9-13-23)25(29)26-22-10-11-22/h2-3,5,7-9,12-13,19,22H,4,6,10-11,14-17H2,1H3,(H,26,29)/t19-/m0/s1. The van der Waals surface area contributed by atoms with Gasteiger partial charge in [-0.05, 0) is 68.0 Å². The number of hydrogen-bond donors (Lipinski definition) is 1. The second-order valence-corrected chi connectivity index (χ2v) is 8.53. The molecule has 1 heterocycles.